The number of hydrogen-bond donors (Lipinski definition) is 1. The normalized spacial score (nSPS) is 32.8. The number of thioether (sulfide) groups is 1. The lowest BCUT2D eigenvalue weighted by Crippen LogP contribution is -2.51. The largest absolute Gasteiger partial charge is 0.327 e. The van der Waals surface area contributed by atoms with Gasteiger partial charge in [-0.15, -0.1) is 11.8 Å². The fraction of sp³-hybridized carbons (Fsp3) is 0.611. The summed E-state index contributed by atoms with van der Waals surface area (Å²) in [7, 11) is 0. The molecule has 0 saturated carbocycles. The van der Waals surface area contributed by atoms with E-state index in [-0.39, 0.29) is 5.41 Å². The van der Waals surface area contributed by atoms with Gasteiger partial charge in [-0.3, -0.25) is 4.90 Å². The molecule has 0 aromatic heterocycles. The minimum atomic E-state index is 0.231. The first-order valence-corrected chi connectivity index (χ1v) is 9.26. The van der Waals surface area contributed by atoms with Crippen molar-refractivity contribution in [1.29, 1.82) is 5.26 Å². The van der Waals surface area contributed by atoms with E-state index >= 15 is 0 Å². The Bertz CT molecular complexity index is 568. The van der Waals surface area contributed by atoms with Crippen LogP contribution in [0.25, 0.3) is 0 Å². The molecule has 2 N–H and O–H groups in total. The van der Waals surface area contributed by atoms with Crippen LogP contribution in [0.1, 0.15) is 37.3 Å². The second kappa shape index (κ2) is 6.62. The molecule has 0 amide bonds. The van der Waals surface area contributed by atoms with Gasteiger partial charge in [0.2, 0.25) is 0 Å². The van der Waals surface area contributed by atoms with E-state index in [1.54, 1.807) is 0 Å². The summed E-state index contributed by atoms with van der Waals surface area (Å²) >= 11 is 2.08. The molecule has 2 heterocycles. The lowest BCUT2D eigenvalue weighted by atomic mass is 9.79. The Morgan fingerprint density at radius 3 is 3.05 bits per heavy atom. The third-order valence-corrected chi connectivity index (χ3v) is 6.72. The molecule has 4 heteroatoms. The van der Waals surface area contributed by atoms with Gasteiger partial charge in [0.05, 0.1) is 17.0 Å². The number of likely N-dealkylation sites (tertiary alicyclic amines) is 1. The van der Waals surface area contributed by atoms with E-state index in [1.165, 1.54) is 30.7 Å². The molecule has 0 radical (unpaired) electrons. The van der Waals surface area contributed by atoms with Crippen molar-refractivity contribution in [3.8, 4) is 6.07 Å². The van der Waals surface area contributed by atoms with Crippen LogP contribution in [-0.2, 0) is 6.42 Å². The minimum Gasteiger partial charge on any atom is -0.327 e. The van der Waals surface area contributed by atoms with Crippen molar-refractivity contribution in [2.24, 2.45) is 11.1 Å². The van der Waals surface area contributed by atoms with Crippen molar-refractivity contribution in [3.05, 3.63) is 35.4 Å². The number of benzene rings is 1. The zero-order valence-electron chi connectivity index (χ0n) is 13.3. The molecule has 3 rings (SSSR count). The third-order valence-electron chi connectivity index (χ3n) is 5.10. The summed E-state index contributed by atoms with van der Waals surface area (Å²) in [5.41, 5.74) is 8.44. The van der Waals surface area contributed by atoms with Crippen LogP contribution in [0.3, 0.4) is 0 Å². The maximum Gasteiger partial charge on any atom is 0.0994 e. The smallest absolute Gasteiger partial charge is 0.0994 e. The summed E-state index contributed by atoms with van der Waals surface area (Å²) in [6.07, 6.45) is 4.57. The van der Waals surface area contributed by atoms with Gasteiger partial charge < -0.3 is 5.73 Å². The lowest BCUT2D eigenvalue weighted by Gasteiger charge is -2.42. The van der Waals surface area contributed by atoms with Crippen LogP contribution < -0.4 is 5.73 Å². The number of nitrogens with two attached hydrogens (primary N) is 1. The Morgan fingerprint density at radius 2 is 2.27 bits per heavy atom. The second-order valence-corrected chi connectivity index (χ2v) is 8.16. The molecule has 0 bridgehead atoms. The van der Waals surface area contributed by atoms with Gasteiger partial charge in [0.1, 0.15) is 0 Å². The molecule has 3 nitrogen and oxygen atoms in total. The molecule has 2 saturated heterocycles. The van der Waals surface area contributed by atoms with E-state index in [4.69, 9.17) is 5.73 Å². The molecule has 22 heavy (non-hydrogen) atoms. The zero-order chi connectivity index (χ0) is 15.6. The predicted molar refractivity (Wildman–Crippen MR) is 92.6 cm³/mol. The first kappa shape index (κ1) is 15.9. The van der Waals surface area contributed by atoms with Gasteiger partial charge in [-0.25, -0.2) is 0 Å². The van der Waals surface area contributed by atoms with Crippen molar-refractivity contribution in [2.75, 3.05) is 18.8 Å². The summed E-state index contributed by atoms with van der Waals surface area (Å²) in [6, 6.07) is 10.7. The Labute approximate surface area is 137 Å². The monoisotopic (exact) mass is 315 g/mol. The molecule has 1 aromatic rings. The van der Waals surface area contributed by atoms with Crippen LogP contribution in [0.15, 0.2) is 24.3 Å². The van der Waals surface area contributed by atoms with E-state index in [2.05, 4.69) is 35.7 Å². The lowest BCUT2D eigenvalue weighted by molar-refractivity contribution is 0.113. The predicted octanol–water partition coefficient (Wildman–Crippen LogP) is 2.99. The van der Waals surface area contributed by atoms with E-state index in [0.717, 1.165) is 24.9 Å². The van der Waals surface area contributed by atoms with Gasteiger partial charge in [0, 0.05) is 12.6 Å². The fourth-order valence-electron chi connectivity index (χ4n) is 3.92. The molecule has 1 aromatic carbocycles. The quantitative estimate of drug-likeness (QED) is 0.931. The van der Waals surface area contributed by atoms with Crippen LogP contribution in [0.2, 0.25) is 0 Å². The molecular weight excluding hydrogens is 290 g/mol. The minimum absolute atomic E-state index is 0.231. The topological polar surface area (TPSA) is 53.0 Å². The van der Waals surface area contributed by atoms with Gasteiger partial charge in [0.15, 0.2) is 0 Å². The molecule has 3 atom stereocenters. The molecule has 118 valence electrons. The Kier molecular flexibility index (Phi) is 4.77. The van der Waals surface area contributed by atoms with E-state index < -0.39 is 0 Å². The number of piperidine rings is 1. The number of nitriles is 1. The van der Waals surface area contributed by atoms with Crippen LogP contribution in [-0.4, -0.2) is 35.2 Å². The molecule has 2 aliphatic rings. The van der Waals surface area contributed by atoms with Crippen LogP contribution >= 0.6 is 11.8 Å². The number of nitrogens with zero attached hydrogens (tertiary/aromatic N) is 2. The average Bonchev–Trinajstić information content (AvgIpc) is 2.89. The van der Waals surface area contributed by atoms with Crippen molar-refractivity contribution < 1.29 is 0 Å². The Morgan fingerprint density at radius 1 is 1.45 bits per heavy atom. The van der Waals surface area contributed by atoms with Gasteiger partial charge in [-0.2, -0.15) is 5.26 Å². The molecule has 0 aliphatic carbocycles. The summed E-state index contributed by atoms with van der Waals surface area (Å²) in [6.45, 7) is 4.58. The van der Waals surface area contributed by atoms with E-state index in [1.807, 2.05) is 18.2 Å². The first-order chi connectivity index (χ1) is 10.6. The third kappa shape index (κ3) is 3.17. The van der Waals surface area contributed by atoms with E-state index in [9.17, 15) is 5.26 Å². The van der Waals surface area contributed by atoms with Crippen molar-refractivity contribution in [1.82, 2.24) is 4.90 Å². The SMILES string of the molecule is CC1(Cc2ccccc2C#N)CCS[C@H]1N1CCCC(N)C1. The van der Waals surface area contributed by atoms with Gasteiger partial charge in [-0.05, 0) is 55.0 Å². The summed E-state index contributed by atoms with van der Waals surface area (Å²) in [5.74, 6) is 1.21. The average molecular weight is 315 g/mol. The van der Waals surface area contributed by atoms with Crippen LogP contribution in [0, 0.1) is 16.7 Å². The van der Waals surface area contributed by atoms with Crippen molar-refractivity contribution in [3.63, 3.8) is 0 Å². The standard InChI is InChI=1S/C18H25N3S/c1-18(11-14-5-2-3-6-15(14)12-19)8-10-22-17(18)21-9-4-7-16(20)13-21/h2-3,5-6,16-17H,4,7-11,13,20H2,1H3/t16?,17-,18?/m1/s1. The maximum absolute atomic E-state index is 9.34. The number of hydrogen-bond acceptors (Lipinski definition) is 4. The highest BCUT2D eigenvalue weighted by Crippen LogP contribution is 2.47. The van der Waals surface area contributed by atoms with Crippen molar-refractivity contribution in [2.45, 2.75) is 44.0 Å². The molecule has 2 fully saturated rings. The summed E-state index contributed by atoms with van der Waals surface area (Å²) in [4.78, 5) is 2.60. The number of rotatable bonds is 3. The first-order valence-electron chi connectivity index (χ1n) is 8.22. The molecular formula is C18H25N3S. The van der Waals surface area contributed by atoms with Crippen LogP contribution in [0.5, 0.6) is 0 Å². The fourth-order valence-corrected chi connectivity index (χ4v) is 5.74. The summed E-state index contributed by atoms with van der Waals surface area (Å²) < 4.78 is 0. The van der Waals surface area contributed by atoms with Gasteiger partial charge in [-0.1, -0.05) is 25.1 Å². The Balaban J connectivity index is 1.80. The highest BCUT2D eigenvalue weighted by molar-refractivity contribution is 8.00. The maximum atomic E-state index is 9.34. The second-order valence-electron chi connectivity index (χ2n) is 6.97. The van der Waals surface area contributed by atoms with Gasteiger partial charge in [0.25, 0.3) is 0 Å². The van der Waals surface area contributed by atoms with Crippen molar-refractivity contribution >= 4 is 11.8 Å². The van der Waals surface area contributed by atoms with Gasteiger partial charge >= 0.3 is 0 Å². The molecule has 0 spiro atoms. The zero-order valence-corrected chi connectivity index (χ0v) is 14.1. The molecule has 2 unspecified atom stereocenters. The highest BCUT2D eigenvalue weighted by atomic mass is 32.2. The van der Waals surface area contributed by atoms with E-state index in [0.29, 0.717) is 11.4 Å². The summed E-state index contributed by atoms with van der Waals surface area (Å²) in [5, 5.41) is 9.88. The highest BCUT2D eigenvalue weighted by Gasteiger charge is 2.43. The molecule has 2 aliphatic heterocycles. The van der Waals surface area contributed by atoms with Crippen LogP contribution in [0.4, 0.5) is 0 Å². The Hall–Kier alpha value is -1.02.